The minimum atomic E-state index is -0.785. The molecule has 2 unspecified atom stereocenters. The Hall–Kier alpha value is -1.10. The number of rotatable bonds is 2. The zero-order chi connectivity index (χ0) is 9.84. The second-order valence-corrected chi connectivity index (χ2v) is 3.39. The van der Waals surface area contributed by atoms with Crippen LogP contribution in [0, 0.1) is 11.8 Å². The molecule has 0 aromatic heterocycles. The maximum absolute atomic E-state index is 11.4. The fraction of sp³-hybridized carbons (Fsp3) is 0.750. The molecule has 1 aliphatic carbocycles. The van der Waals surface area contributed by atoms with Gasteiger partial charge in [-0.05, 0) is 25.3 Å². The van der Waals surface area contributed by atoms with Gasteiger partial charge in [0.2, 0.25) is 5.91 Å². The maximum Gasteiger partial charge on any atom is 0.318 e. The molecule has 2 atom stereocenters. The van der Waals surface area contributed by atoms with Crippen molar-refractivity contribution in [3.63, 3.8) is 0 Å². The third-order valence-electron chi connectivity index (χ3n) is 2.54. The largest absolute Gasteiger partial charge is 0.351 e. The van der Waals surface area contributed by atoms with Gasteiger partial charge in [0.25, 0.3) is 0 Å². The normalized spacial score (nSPS) is 27.2. The molecule has 1 rings (SSSR count). The van der Waals surface area contributed by atoms with Crippen molar-refractivity contribution < 1.29 is 9.59 Å². The van der Waals surface area contributed by atoms with Crippen LogP contribution < -0.4 is 16.8 Å². The zero-order valence-electron chi connectivity index (χ0n) is 7.45. The van der Waals surface area contributed by atoms with E-state index in [1.807, 2.05) is 0 Å². The van der Waals surface area contributed by atoms with Gasteiger partial charge in [-0.2, -0.15) is 0 Å². The van der Waals surface area contributed by atoms with E-state index in [1.54, 1.807) is 0 Å². The molecule has 1 fully saturated rings. The summed E-state index contributed by atoms with van der Waals surface area (Å²) in [7, 11) is 0. The summed E-state index contributed by atoms with van der Waals surface area (Å²) < 4.78 is 0. The first-order valence-electron chi connectivity index (χ1n) is 4.45. The minimum absolute atomic E-state index is 0.127. The maximum atomic E-state index is 11.4. The predicted octanol–water partition coefficient (Wildman–Crippen LogP) is -0.444. The summed E-state index contributed by atoms with van der Waals surface area (Å²) in [6.45, 7) is 0.497. The first-order valence-corrected chi connectivity index (χ1v) is 4.45. The van der Waals surface area contributed by atoms with E-state index in [9.17, 15) is 9.59 Å². The molecule has 74 valence electrons. The van der Waals surface area contributed by atoms with Crippen molar-refractivity contribution >= 4 is 11.9 Å². The van der Waals surface area contributed by atoms with Gasteiger partial charge >= 0.3 is 6.03 Å². The molecule has 0 aliphatic heterocycles. The fourth-order valence-electron chi connectivity index (χ4n) is 1.88. The van der Waals surface area contributed by atoms with E-state index in [2.05, 4.69) is 5.32 Å². The quantitative estimate of drug-likeness (QED) is 0.543. The van der Waals surface area contributed by atoms with Crippen molar-refractivity contribution in [2.45, 2.75) is 19.3 Å². The van der Waals surface area contributed by atoms with E-state index in [-0.39, 0.29) is 17.7 Å². The summed E-state index contributed by atoms with van der Waals surface area (Å²) >= 11 is 0. The van der Waals surface area contributed by atoms with Gasteiger partial charge in [-0.15, -0.1) is 0 Å². The van der Waals surface area contributed by atoms with E-state index >= 15 is 0 Å². The van der Waals surface area contributed by atoms with Gasteiger partial charge in [0.15, 0.2) is 0 Å². The van der Waals surface area contributed by atoms with Gasteiger partial charge in [-0.3, -0.25) is 10.1 Å². The number of amides is 3. The van der Waals surface area contributed by atoms with Crippen LogP contribution in [0.2, 0.25) is 0 Å². The van der Waals surface area contributed by atoms with Crippen LogP contribution in [0.25, 0.3) is 0 Å². The lowest BCUT2D eigenvalue weighted by Crippen LogP contribution is -2.41. The monoisotopic (exact) mass is 185 g/mol. The number of carbonyl (C=O) groups excluding carboxylic acids is 2. The number of hydrogen-bond donors (Lipinski definition) is 3. The summed E-state index contributed by atoms with van der Waals surface area (Å²) in [6.07, 6.45) is 2.77. The van der Waals surface area contributed by atoms with Crippen molar-refractivity contribution in [2.24, 2.45) is 23.3 Å². The Labute approximate surface area is 76.8 Å². The van der Waals surface area contributed by atoms with E-state index < -0.39 is 6.03 Å². The number of carbonyl (C=O) groups is 2. The Morgan fingerprint density at radius 1 is 1.38 bits per heavy atom. The number of imide groups is 1. The first kappa shape index (κ1) is 9.98. The van der Waals surface area contributed by atoms with Crippen molar-refractivity contribution in [1.82, 2.24) is 5.32 Å². The van der Waals surface area contributed by atoms with Crippen LogP contribution in [-0.4, -0.2) is 18.5 Å². The lowest BCUT2D eigenvalue weighted by molar-refractivity contribution is -0.124. The SMILES string of the molecule is NCC1CCCC1C(=O)NC(N)=O. The van der Waals surface area contributed by atoms with Gasteiger partial charge in [-0.25, -0.2) is 4.79 Å². The number of hydrogen-bond acceptors (Lipinski definition) is 3. The number of nitrogens with one attached hydrogen (secondary N) is 1. The lowest BCUT2D eigenvalue weighted by atomic mass is 9.95. The second kappa shape index (κ2) is 4.23. The van der Waals surface area contributed by atoms with E-state index in [0.29, 0.717) is 6.54 Å². The molecule has 13 heavy (non-hydrogen) atoms. The zero-order valence-corrected chi connectivity index (χ0v) is 7.45. The smallest absolute Gasteiger partial charge is 0.318 e. The van der Waals surface area contributed by atoms with Crippen molar-refractivity contribution in [3.8, 4) is 0 Å². The van der Waals surface area contributed by atoms with Crippen LogP contribution in [0.1, 0.15) is 19.3 Å². The average Bonchev–Trinajstić information content (AvgIpc) is 2.49. The Balaban J connectivity index is 2.50. The highest BCUT2D eigenvalue weighted by Gasteiger charge is 2.32. The molecule has 0 aromatic carbocycles. The summed E-state index contributed by atoms with van der Waals surface area (Å²) in [5, 5.41) is 2.09. The highest BCUT2D eigenvalue weighted by atomic mass is 16.2. The van der Waals surface area contributed by atoms with Gasteiger partial charge in [-0.1, -0.05) is 6.42 Å². The van der Waals surface area contributed by atoms with Gasteiger partial charge in [0.05, 0.1) is 0 Å². The summed E-state index contributed by atoms with van der Waals surface area (Å²) in [5.74, 6) is -0.197. The van der Waals surface area contributed by atoms with Gasteiger partial charge < -0.3 is 11.5 Å². The van der Waals surface area contributed by atoms with Crippen LogP contribution in [0.4, 0.5) is 4.79 Å². The van der Waals surface area contributed by atoms with Crippen LogP contribution in [0.5, 0.6) is 0 Å². The Kier molecular flexibility index (Phi) is 3.25. The molecule has 0 radical (unpaired) electrons. The van der Waals surface area contributed by atoms with Crippen LogP contribution >= 0.6 is 0 Å². The van der Waals surface area contributed by atoms with E-state index in [4.69, 9.17) is 11.5 Å². The molecular formula is C8H15N3O2. The molecule has 0 bridgehead atoms. The molecular weight excluding hydrogens is 170 g/mol. The predicted molar refractivity (Wildman–Crippen MR) is 47.6 cm³/mol. The summed E-state index contributed by atoms with van der Waals surface area (Å²) in [6, 6.07) is -0.785. The number of nitrogens with two attached hydrogens (primary N) is 2. The topological polar surface area (TPSA) is 98.2 Å². The molecule has 5 nitrogen and oxygen atoms in total. The Morgan fingerprint density at radius 3 is 2.62 bits per heavy atom. The third kappa shape index (κ3) is 2.42. The lowest BCUT2D eigenvalue weighted by Gasteiger charge is -2.15. The molecule has 1 saturated carbocycles. The molecule has 0 aromatic rings. The van der Waals surface area contributed by atoms with Crippen molar-refractivity contribution in [2.75, 3.05) is 6.54 Å². The Morgan fingerprint density at radius 2 is 2.08 bits per heavy atom. The minimum Gasteiger partial charge on any atom is -0.351 e. The molecule has 5 heteroatoms. The van der Waals surface area contributed by atoms with E-state index in [1.165, 1.54) is 0 Å². The number of urea groups is 1. The summed E-state index contributed by atoms with van der Waals surface area (Å²) in [4.78, 5) is 21.8. The number of primary amides is 1. The highest BCUT2D eigenvalue weighted by Crippen LogP contribution is 2.30. The molecule has 0 heterocycles. The fourth-order valence-corrected chi connectivity index (χ4v) is 1.88. The standard InChI is InChI=1S/C8H15N3O2/c9-4-5-2-1-3-6(5)7(12)11-8(10)13/h5-6H,1-4,9H2,(H3,10,11,12,13). The molecule has 3 amide bonds. The third-order valence-corrected chi connectivity index (χ3v) is 2.54. The summed E-state index contributed by atoms with van der Waals surface area (Å²) in [5.41, 5.74) is 10.3. The molecule has 0 saturated heterocycles. The van der Waals surface area contributed by atoms with Crippen LogP contribution in [0.3, 0.4) is 0 Å². The molecule has 5 N–H and O–H groups in total. The van der Waals surface area contributed by atoms with Crippen molar-refractivity contribution in [1.29, 1.82) is 0 Å². The van der Waals surface area contributed by atoms with Gasteiger partial charge in [0.1, 0.15) is 0 Å². The highest BCUT2D eigenvalue weighted by molar-refractivity contribution is 5.94. The van der Waals surface area contributed by atoms with Crippen LogP contribution in [-0.2, 0) is 4.79 Å². The molecule has 0 spiro atoms. The van der Waals surface area contributed by atoms with Crippen LogP contribution in [0.15, 0.2) is 0 Å². The van der Waals surface area contributed by atoms with E-state index in [0.717, 1.165) is 19.3 Å². The van der Waals surface area contributed by atoms with Crippen molar-refractivity contribution in [3.05, 3.63) is 0 Å². The Bertz CT molecular complexity index is 217. The second-order valence-electron chi connectivity index (χ2n) is 3.39. The molecule has 1 aliphatic rings. The first-order chi connectivity index (χ1) is 6.15. The van der Waals surface area contributed by atoms with Gasteiger partial charge in [0, 0.05) is 5.92 Å². The average molecular weight is 185 g/mol.